The lowest BCUT2D eigenvalue weighted by Gasteiger charge is -2.47. The highest BCUT2D eigenvalue weighted by atomic mass is 28.4. The first-order valence-electron chi connectivity index (χ1n) is 15.7. The van der Waals surface area contributed by atoms with Gasteiger partial charge < -0.3 is 29.1 Å². The molecule has 1 aliphatic carbocycles. The molecule has 2 unspecified atom stereocenters. The van der Waals surface area contributed by atoms with E-state index in [0.717, 1.165) is 90.4 Å². The van der Waals surface area contributed by atoms with E-state index in [-0.39, 0.29) is 10.8 Å². The molecule has 1 saturated carbocycles. The summed E-state index contributed by atoms with van der Waals surface area (Å²) in [6, 6.07) is 0. The predicted octanol–water partition coefficient (Wildman–Crippen LogP) is 3.45. The summed E-state index contributed by atoms with van der Waals surface area (Å²) in [7, 11) is -1.39. The van der Waals surface area contributed by atoms with Crippen LogP contribution in [0.4, 0.5) is 0 Å². The Morgan fingerprint density at radius 3 is 1.88 bits per heavy atom. The van der Waals surface area contributed by atoms with Gasteiger partial charge in [-0.1, -0.05) is 33.9 Å². The van der Waals surface area contributed by atoms with Crippen molar-refractivity contribution < 1.29 is 19.1 Å². The van der Waals surface area contributed by atoms with Crippen molar-refractivity contribution in [2.24, 2.45) is 16.7 Å². The minimum absolute atomic E-state index is 0.0947. The van der Waals surface area contributed by atoms with Crippen molar-refractivity contribution in [2.45, 2.75) is 85.5 Å². The molecule has 0 spiro atoms. The minimum atomic E-state index is -1.63. The third-order valence-corrected chi connectivity index (χ3v) is 14.1. The number of hydrogen-bond donors (Lipinski definition) is 1. The summed E-state index contributed by atoms with van der Waals surface area (Å²) < 4.78 is 5.72. The number of piperazine rings is 2. The van der Waals surface area contributed by atoms with Crippen molar-refractivity contribution in [3.05, 3.63) is 0 Å². The van der Waals surface area contributed by atoms with Crippen molar-refractivity contribution in [1.82, 2.24) is 19.6 Å². The van der Waals surface area contributed by atoms with Gasteiger partial charge in [-0.25, -0.2) is 0 Å². The SMILES string of the molecule is CO[Si](C)(C)CN1CCN(C(=O)CCC2(C)CC(CC(=O)N3CCN(C[Si](C)(C)CO)CC3)CC(C)(C)C2)CC1. The molecular formula is C30H60N4O4Si2. The first-order chi connectivity index (χ1) is 18.5. The molecule has 2 amide bonds. The molecule has 0 aromatic heterocycles. The van der Waals surface area contributed by atoms with Crippen molar-refractivity contribution in [2.75, 3.05) is 78.0 Å². The zero-order chi connectivity index (χ0) is 29.8. The number of carbonyl (C=O) groups excluding carboxylic acids is 2. The summed E-state index contributed by atoms with van der Waals surface area (Å²) in [6.45, 7) is 23.0. The molecule has 1 N–H and O–H groups in total. The number of aliphatic hydroxyl groups is 1. The maximum atomic E-state index is 13.3. The topological polar surface area (TPSA) is 76.6 Å². The van der Waals surface area contributed by atoms with Gasteiger partial charge in [0, 0.05) is 84.7 Å². The summed E-state index contributed by atoms with van der Waals surface area (Å²) in [4.78, 5) is 35.6. The van der Waals surface area contributed by atoms with Gasteiger partial charge in [0.1, 0.15) is 0 Å². The Hall–Kier alpha value is -0.786. The van der Waals surface area contributed by atoms with E-state index in [1.54, 1.807) is 0 Å². The highest BCUT2D eigenvalue weighted by molar-refractivity contribution is 6.77. The molecule has 2 aliphatic heterocycles. The third-order valence-electron chi connectivity index (χ3n) is 9.62. The van der Waals surface area contributed by atoms with E-state index in [4.69, 9.17) is 4.43 Å². The predicted molar refractivity (Wildman–Crippen MR) is 168 cm³/mol. The maximum absolute atomic E-state index is 13.3. The molecule has 40 heavy (non-hydrogen) atoms. The first kappa shape index (κ1) is 33.7. The molecule has 3 fully saturated rings. The molecule has 3 rings (SSSR count). The van der Waals surface area contributed by atoms with Crippen molar-refractivity contribution in [3.8, 4) is 0 Å². The van der Waals surface area contributed by atoms with Crippen LogP contribution in [0, 0.1) is 16.7 Å². The molecule has 2 saturated heterocycles. The van der Waals surface area contributed by atoms with E-state index in [1.165, 1.54) is 0 Å². The lowest BCUT2D eigenvalue weighted by atomic mass is 9.58. The molecule has 0 aromatic rings. The van der Waals surface area contributed by atoms with E-state index >= 15 is 0 Å². The number of hydrogen-bond acceptors (Lipinski definition) is 6. The second-order valence-electron chi connectivity index (χ2n) is 15.7. The van der Waals surface area contributed by atoms with E-state index in [1.807, 2.05) is 7.11 Å². The number of rotatable bonds is 11. The monoisotopic (exact) mass is 596 g/mol. The van der Waals surface area contributed by atoms with E-state index in [9.17, 15) is 14.7 Å². The van der Waals surface area contributed by atoms with Crippen molar-refractivity contribution in [1.29, 1.82) is 0 Å². The van der Waals surface area contributed by atoms with Crippen molar-refractivity contribution in [3.63, 3.8) is 0 Å². The van der Waals surface area contributed by atoms with E-state index < -0.39 is 16.4 Å². The average Bonchev–Trinajstić information content (AvgIpc) is 2.86. The van der Waals surface area contributed by atoms with Crippen LogP contribution in [0.15, 0.2) is 0 Å². The quantitative estimate of drug-likeness (QED) is 0.369. The zero-order valence-corrected chi connectivity index (χ0v) is 29.1. The van der Waals surface area contributed by atoms with Gasteiger partial charge in [0.25, 0.3) is 0 Å². The molecule has 3 aliphatic rings. The van der Waals surface area contributed by atoms with Crippen LogP contribution in [-0.2, 0) is 14.0 Å². The van der Waals surface area contributed by atoms with Crippen LogP contribution in [0.1, 0.15) is 59.3 Å². The van der Waals surface area contributed by atoms with Crippen LogP contribution in [0.25, 0.3) is 0 Å². The lowest BCUT2D eigenvalue weighted by molar-refractivity contribution is -0.136. The molecular weight excluding hydrogens is 537 g/mol. The Morgan fingerprint density at radius 2 is 1.35 bits per heavy atom. The molecule has 0 bridgehead atoms. The molecule has 0 aromatic carbocycles. The van der Waals surface area contributed by atoms with Gasteiger partial charge in [0.05, 0.1) is 8.07 Å². The van der Waals surface area contributed by atoms with E-state index in [2.05, 4.69) is 66.6 Å². The standard InChI is InChI=1S/C30H60N4O4Si2/c1-29(2)20-26(19-28(37)34-17-11-31(12-18-34)23-39(5,6)25-35)21-30(3,22-29)10-9-27(36)33-15-13-32(14-16-33)24-40(7,8)38-4/h26,35H,9-25H2,1-8H3. The molecule has 10 heteroatoms. The smallest absolute Gasteiger partial charge is 0.222 e. The molecule has 2 atom stereocenters. The summed E-state index contributed by atoms with van der Waals surface area (Å²) in [5, 5.41) is 9.66. The fourth-order valence-electron chi connectivity index (χ4n) is 7.70. The zero-order valence-electron chi connectivity index (χ0n) is 27.1. The number of carbonyl (C=O) groups is 2. The van der Waals surface area contributed by atoms with Gasteiger partial charge in [0.2, 0.25) is 11.8 Å². The summed E-state index contributed by atoms with van der Waals surface area (Å²) >= 11 is 0. The number of amides is 2. The average molecular weight is 597 g/mol. The van der Waals surface area contributed by atoms with Crippen LogP contribution in [-0.4, -0.2) is 131 Å². The number of aliphatic hydroxyl groups excluding tert-OH is 1. The van der Waals surface area contributed by atoms with Gasteiger partial charge in [-0.3, -0.25) is 9.59 Å². The van der Waals surface area contributed by atoms with Gasteiger partial charge in [-0.2, -0.15) is 0 Å². The number of nitrogens with zero attached hydrogens (tertiary/aromatic N) is 4. The Kier molecular flexibility index (Phi) is 11.5. The maximum Gasteiger partial charge on any atom is 0.222 e. The largest absolute Gasteiger partial charge is 0.419 e. The van der Waals surface area contributed by atoms with E-state index in [0.29, 0.717) is 36.8 Å². The van der Waals surface area contributed by atoms with Crippen LogP contribution >= 0.6 is 0 Å². The highest BCUT2D eigenvalue weighted by Gasteiger charge is 2.42. The van der Waals surface area contributed by atoms with Crippen molar-refractivity contribution >= 4 is 28.2 Å². The normalized spacial score (nSPS) is 27.2. The first-order valence-corrected chi connectivity index (χ1v) is 22.2. The van der Waals surface area contributed by atoms with Gasteiger partial charge in [-0.15, -0.1) is 0 Å². The van der Waals surface area contributed by atoms with Gasteiger partial charge in [0.15, 0.2) is 8.32 Å². The summed E-state index contributed by atoms with van der Waals surface area (Å²) in [5.41, 5.74) is 0.279. The Morgan fingerprint density at radius 1 is 0.825 bits per heavy atom. The van der Waals surface area contributed by atoms with Crippen LogP contribution in [0.5, 0.6) is 0 Å². The van der Waals surface area contributed by atoms with Crippen LogP contribution < -0.4 is 0 Å². The second-order valence-corrected chi connectivity index (χ2v) is 24.9. The van der Waals surface area contributed by atoms with Gasteiger partial charge >= 0.3 is 0 Å². The summed E-state index contributed by atoms with van der Waals surface area (Å²) in [5.74, 6) is 0.981. The Balaban J connectivity index is 1.47. The summed E-state index contributed by atoms with van der Waals surface area (Å²) in [6.07, 6.45) is 7.74. The Labute approximate surface area is 246 Å². The Bertz CT molecular complexity index is 855. The third kappa shape index (κ3) is 10.2. The highest BCUT2D eigenvalue weighted by Crippen LogP contribution is 2.51. The molecule has 0 radical (unpaired) electrons. The van der Waals surface area contributed by atoms with Crippen LogP contribution in [0.3, 0.4) is 0 Å². The molecule has 8 nitrogen and oxygen atoms in total. The van der Waals surface area contributed by atoms with Crippen LogP contribution in [0.2, 0.25) is 26.2 Å². The lowest BCUT2D eigenvalue weighted by Crippen LogP contribution is -2.54. The fraction of sp³-hybridized carbons (Fsp3) is 0.933. The fourth-order valence-corrected chi connectivity index (χ4v) is 10.8. The second kappa shape index (κ2) is 13.7. The molecule has 2 heterocycles. The molecule has 232 valence electrons. The van der Waals surface area contributed by atoms with Gasteiger partial charge in [-0.05, 0) is 61.7 Å². The minimum Gasteiger partial charge on any atom is -0.419 e.